The van der Waals surface area contributed by atoms with Crippen molar-refractivity contribution in [1.82, 2.24) is 20.4 Å². The summed E-state index contributed by atoms with van der Waals surface area (Å²) in [4.78, 5) is 11.6. The van der Waals surface area contributed by atoms with E-state index in [9.17, 15) is 4.79 Å². The van der Waals surface area contributed by atoms with Crippen LogP contribution in [0.4, 0.5) is 0 Å². The van der Waals surface area contributed by atoms with Crippen LogP contribution in [0.5, 0.6) is 0 Å². The molecule has 0 aromatic carbocycles. The van der Waals surface area contributed by atoms with Crippen LogP contribution in [0.1, 0.15) is 20.8 Å². The van der Waals surface area contributed by atoms with Gasteiger partial charge in [0.05, 0.1) is 12.6 Å². The summed E-state index contributed by atoms with van der Waals surface area (Å²) < 4.78 is 1.84. The molecule has 5 heteroatoms. The van der Waals surface area contributed by atoms with E-state index in [1.165, 1.54) is 0 Å². The van der Waals surface area contributed by atoms with E-state index < -0.39 is 0 Å². The van der Waals surface area contributed by atoms with Crippen molar-refractivity contribution in [3.63, 3.8) is 0 Å². The number of rotatable bonds is 7. The monoisotopic (exact) mass is 238 g/mol. The number of carbonyl (C=O) groups excluding carboxylic acids is 1. The van der Waals surface area contributed by atoms with Crippen molar-refractivity contribution in [3.05, 3.63) is 18.5 Å². The largest absolute Gasteiger partial charge is 0.354 e. The van der Waals surface area contributed by atoms with E-state index in [1.807, 2.05) is 23.9 Å². The number of hydrogen-bond donors (Lipinski definition) is 2. The molecule has 0 aliphatic heterocycles. The molecule has 0 aliphatic carbocycles. The predicted octanol–water partition coefficient (Wildman–Crippen LogP) is 0.633. The van der Waals surface area contributed by atoms with Gasteiger partial charge >= 0.3 is 0 Å². The van der Waals surface area contributed by atoms with Gasteiger partial charge in [0.1, 0.15) is 0 Å². The van der Waals surface area contributed by atoms with Gasteiger partial charge in [-0.3, -0.25) is 9.48 Å². The maximum atomic E-state index is 11.6. The highest BCUT2D eigenvalue weighted by Crippen LogP contribution is 1.89. The lowest BCUT2D eigenvalue weighted by Crippen LogP contribution is -2.44. The Hall–Kier alpha value is -1.36. The fraction of sp³-hybridized carbons (Fsp3) is 0.667. The Balaban J connectivity index is 2.15. The van der Waals surface area contributed by atoms with Crippen molar-refractivity contribution in [2.75, 3.05) is 13.1 Å². The van der Waals surface area contributed by atoms with Gasteiger partial charge in [-0.25, -0.2) is 0 Å². The fourth-order valence-electron chi connectivity index (χ4n) is 1.38. The van der Waals surface area contributed by atoms with Crippen LogP contribution in [-0.2, 0) is 11.3 Å². The number of nitrogens with zero attached hydrogens (tertiary/aromatic N) is 2. The van der Waals surface area contributed by atoms with Crippen LogP contribution in [0.2, 0.25) is 0 Å². The van der Waals surface area contributed by atoms with Gasteiger partial charge in [-0.15, -0.1) is 0 Å². The minimum atomic E-state index is -0.163. The average Bonchev–Trinajstić information content (AvgIpc) is 2.78. The summed E-state index contributed by atoms with van der Waals surface area (Å²) in [6.45, 7) is 8.27. The molecule has 0 fully saturated rings. The van der Waals surface area contributed by atoms with Crippen LogP contribution in [0.25, 0.3) is 0 Å². The Kier molecular flexibility index (Phi) is 5.69. The molecular formula is C12H22N4O. The molecule has 17 heavy (non-hydrogen) atoms. The van der Waals surface area contributed by atoms with Crippen molar-refractivity contribution in [1.29, 1.82) is 0 Å². The highest BCUT2D eigenvalue weighted by atomic mass is 16.2. The van der Waals surface area contributed by atoms with Gasteiger partial charge in [-0.2, -0.15) is 5.10 Å². The van der Waals surface area contributed by atoms with E-state index in [0.29, 0.717) is 5.92 Å². The molecule has 0 saturated heterocycles. The van der Waals surface area contributed by atoms with Gasteiger partial charge in [0, 0.05) is 25.5 Å². The zero-order chi connectivity index (χ0) is 12.7. The topological polar surface area (TPSA) is 59.0 Å². The maximum Gasteiger partial charge on any atom is 0.236 e. The van der Waals surface area contributed by atoms with Crippen molar-refractivity contribution < 1.29 is 4.79 Å². The average molecular weight is 238 g/mol. The normalized spacial score (nSPS) is 12.7. The van der Waals surface area contributed by atoms with Gasteiger partial charge in [-0.05, 0) is 18.9 Å². The van der Waals surface area contributed by atoms with Crippen molar-refractivity contribution in [3.8, 4) is 0 Å². The molecule has 1 rings (SSSR count). The molecule has 0 bridgehead atoms. The summed E-state index contributed by atoms with van der Waals surface area (Å²) >= 11 is 0. The summed E-state index contributed by atoms with van der Waals surface area (Å²) in [7, 11) is 0. The summed E-state index contributed by atoms with van der Waals surface area (Å²) in [5, 5.41) is 10.2. The molecule has 96 valence electrons. The maximum absolute atomic E-state index is 11.6. The zero-order valence-electron chi connectivity index (χ0n) is 10.8. The summed E-state index contributed by atoms with van der Waals surface area (Å²) in [5.74, 6) is 0.536. The number of hydrogen-bond acceptors (Lipinski definition) is 3. The predicted molar refractivity (Wildman–Crippen MR) is 67.5 cm³/mol. The van der Waals surface area contributed by atoms with E-state index in [0.717, 1.165) is 19.6 Å². The summed E-state index contributed by atoms with van der Waals surface area (Å²) in [6, 6.07) is 1.72. The minimum Gasteiger partial charge on any atom is -0.354 e. The van der Waals surface area contributed by atoms with Gasteiger partial charge in [0.15, 0.2) is 0 Å². The van der Waals surface area contributed by atoms with Crippen LogP contribution in [0.3, 0.4) is 0 Å². The van der Waals surface area contributed by atoms with Crippen molar-refractivity contribution in [2.45, 2.75) is 33.4 Å². The van der Waals surface area contributed by atoms with E-state index in [1.54, 1.807) is 6.20 Å². The molecule has 0 spiro atoms. The molecule has 2 N–H and O–H groups in total. The Labute approximate surface area is 103 Å². The Morgan fingerprint density at radius 2 is 2.18 bits per heavy atom. The van der Waals surface area contributed by atoms with E-state index in [4.69, 9.17) is 0 Å². The third-order valence-electron chi connectivity index (χ3n) is 2.43. The van der Waals surface area contributed by atoms with E-state index >= 15 is 0 Å². The number of amides is 1. The highest BCUT2D eigenvalue weighted by molar-refractivity contribution is 5.81. The van der Waals surface area contributed by atoms with Crippen LogP contribution in [0, 0.1) is 5.92 Å². The first kappa shape index (κ1) is 13.7. The van der Waals surface area contributed by atoms with Crippen LogP contribution in [-0.4, -0.2) is 34.8 Å². The van der Waals surface area contributed by atoms with Crippen LogP contribution in [0.15, 0.2) is 18.5 Å². The lowest BCUT2D eigenvalue weighted by molar-refractivity contribution is -0.122. The minimum absolute atomic E-state index is 0.0548. The second-order valence-corrected chi connectivity index (χ2v) is 4.58. The lowest BCUT2D eigenvalue weighted by Gasteiger charge is -2.15. The van der Waals surface area contributed by atoms with E-state index in [2.05, 4.69) is 29.6 Å². The first-order chi connectivity index (χ1) is 8.09. The molecule has 1 amide bonds. The van der Waals surface area contributed by atoms with Crippen LogP contribution >= 0.6 is 0 Å². The summed E-state index contributed by atoms with van der Waals surface area (Å²) in [5.41, 5.74) is 0. The molecule has 1 unspecified atom stereocenters. The molecule has 1 heterocycles. The van der Waals surface area contributed by atoms with Gasteiger partial charge < -0.3 is 10.6 Å². The van der Waals surface area contributed by atoms with Gasteiger partial charge in [-0.1, -0.05) is 13.8 Å². The molecule has 1 aromatic heterocycles. The lowest BCUT2D eigenvalue weighted by atomic mass is 10.2. The van der Waals surface area contributed by atoms with Gasteiger partial charge in [0.2, 0.25) is 5.91 Å². The highest BCUT2D eigenvalue weighted by Gasteiger charge is 2.11. The fourth-order valence-corrected chi connectivity index (χ4v) is 1.38. The first-order valence-electron chi connectivity index (χ1n) is 6.08. The second-order valence-electron chi connectivity index (χ2n) is 4.58. The molecule has 0 saturated carbocycles. The number of aromatic nitrogens is 2. The third kappa shape index (κ3) is 5.49. The molecule has 1 atom stereocenters. The molecule has 5 nitrogen and oxygen atoms in total. The van der Waals surface area contributed by atoms with Crippen molar-refractivity contribution >= 4 is 5.91 Å². The van der Waals surface area contributed by atoms with Gasteiger partial charge in [0.25, 0.3) is 0 Å². The SMILES string of the molecule is CC(C)CNC(=O)C(C)NCCn1cccn1. The molecule has 0 radical (unpaired) electrons. The van der Waals surface area contributed by atoms with E-state index in [-0.39, 0.29) is 11.9 Å². The quantitative estimate of drug-likeness (QED) is 0.732. The Morgan fingerprint density at radius 1 is 1.41 bits per heavy atom. The number of carbonyl (C=O) groups is 1. The standard InChI is InChI=1S/C12H22N4O/c1-10(2)9-14-12(17)11(3)13-6-8-16-7-4-5-15-16/h4-5,7,10-11,13H,6,8-9H2,1-3H3,(H,14,17). The smallest absolute Gasteiger partial charge is 0.236 e. The molecule has 1 aromatic rings. The first-order valence-corrected chi connectivity index (χ1v) is 6.08. The Bertz CT molecular complexity index is 321. The third-order valence-corrected chi connectivity index (χ3v) is 2.43. The number of nitrogens with one attached hydrogen (secondary N) is 2. The molecule has 0 aliphatic rings. The molecular weight excluding hydrogens is 216 g/mol. The zero-order valence-corrected chi connectivity index (χ0v) is 10.8. The second kappa shape index (κ2) is 7.06. The van der Waals surface area contributed by atoms with Crippen molar-refractivity contribution in [2.24, 2.45) is 5.92 Å². The summed E-state index contributed by atoms with van der Waals surface area (Å²) in [6.07, 6.45) is 3.66. The van der Waals surface area contributed by atoms with Crippen LogP contribution < -0.4 is 10.6 Å². The Morgan fingerprint density at radius 3 is 2.76 bits per heavy atom.